The van der Waals surface area contributed by atoms with Gasteiger partial charge in [-0.1, -0.05) is 23.7 Å². The third-order valence-corrected chi connectivity index (χ3v) is 7.78. The Bertz CT molecular complexity index is 1150. The maximum atomic E-state index is 13.0. The molecule has 9 heteroatoms. The summed E-state index contributed by atoms with van der Waals surface area (Å²) in [5.74, 6) is -0.273. The fraction of sp³-hybridized carbons (Fsp3) is 0.364. The molecule has 0 saturated heterocycles. The van der Waals surface area contributed by atoms with Gasteiger partial charge in [0.2, 0.25) is 21.8 Å². The van der Waals surface area contributed by atoms with Gasteiger partial charge in [0.25, 0.3) is 0 Å². The molecule has 0 radical (unpaired) electrons. The normalized spacial score (nSPS) is 18.2. The molecule has 1 aliphatic heterocycles. The van der Waals surface area contributed by atoms with E-state index in [1.54, 1.807) is 41.3 Å². The second-order valence-electron chi connectivity index (χ2n) is 8.12. The predicted octanol–water partition coefficient (Wildman–Crippen LogP) is 3.29. The van der Waals surface area contributed by atoms with Gasteiger partial charge >= 0.3 is 0 Å². The maximum Gasteiger partial charge on any atom is 0.243 e. The average molecular weight is 462 g/mol. The number of anilines is 2. The summed E-state index contributed by atoms with van der Waals surface area (Å²) >= 11 is 6.04. The summed E-state index contributed by atoms with van der Waals surface area (Å²) in [7, 11) is -2.52. The first-order chi connectivity index (χ1) is 14.7. The summed E-state index contributed by atoms with van der Waals surface area (Å²) in [6.45, 7) is 1.62. The molecule has 31 heavy (non-hydrogen) atoms. The van der Waals surface area contributed by atoms with Gasteiger partial charge in [0, 0.05) is 24.7 Å². The molecule has 2 amide bonds. The molecule has 0 spiro atoms. The van der Waals surface area contributed by atoms with Crippen molar-refractivity contribution in [3.8, 4) is 0 Å². The van der Waals surface area contributed by atoms with E-state index in [2.05, 4.69) is 5.32 Å². The van der Waals surface area contributed by atoms with Crippen molar-refractivity contribution in [2.24, 2.45) is 5.92 Å². The number of hydrogen-bond acceptors (Lipinski definition) is 4. The molecule has 0 bridgehead atoms. The van der Waals surface area contributed by atoms with Crippen LogP contribution in [0, 0.1) is 5.92 Å². The SMILES string of the molecule is C[C@H]1Cc2cc(S(=O)(=O)N(C)CC(=O)Nc3ccccc3Cl)ccc2N1C(=O)C1CC1. The fourth-order valence-corrected chi connectivity index (χ4v) is 5.21. The Morgan fingerprint density at radius 1 is 1.19 bits per heavy atom. The van der Waals surface area contributed by atoms with Gasteiger partial charge in [-0.25, -0.2) is 8.42 Å². The monoisotopic (exact) mass is 461 g/mol. The molecule has 4 rings (SSSR count). The number of para-hydroxylation sites is 1. The van der Waals surface area contributed by atoms with E-state index in [-0.39, 0.29) is 29.3 Å². The van der Waals surface area contributed by atoms with Crippen LogP contribution in [0.3, 0.4) is 0 Å². The topological polar surface area (TPSA) is 86.8 Å². The van der Waals surface area contributed by atoms with E-state index in [1.807, 2.05) is 6.92 Å². The highest BCUT2D eigenvalue weighted by Gasteiger charge is 2.40. The largest absolute Gasteiger partial charge is 0.324 e. The number of nitrogens with one attached hydrogen (secondary N) is 1. The van der Waals surface area contributed by atoms with Crippen molar-refractivity contribution in [1.82, 2.24) is 4.31 Å². The van der Waals surface area contributed by atoms with Crippen LogP contribution in [0.1, 0.15) is 25.3 Å². The number of sulfonamides is 1. The molecule has 1 fully saturated rings. The average Bonchev–Trinajstić information content (AvgIpc) is 3.51. The van der Waals surface area contributed by atoms with E-state index in [0.29, 0.717) is 17.1 Å². The number of hydrogen-bond donors (Lipinski definition) is 1. The number of benzene rings is 2. The van der Waals surface area contributed by atoms with Gasteiger partial charge in [0.1, 0.15) is 0 Å². The van der Waals surface area contributed by atoms with Crippen LogP contribution < -0.4 is 10.2 Å². The molecule has 2 aromatic carbocycles. The lowest BCUT2D eigenvalue weighted by molar-refractivity contribution is -0.120. The van der Waals surface area contributed by atoms with E-state index in [9.17, 15) is 18.0 Å². The van der Waals surface area contributed by atoms with Crippen LogP contribution in [-0.2, 0) is 26.0 Å². The molecular formula is C22H24ClN3O4S. The molecule has 1 N–H and O–H groups in total. The smallest absolute Gasteiger partial charge is 0.243 e. The van der Waals surface area contributed by atoms with Crippen molar-refractivity contribution in [3.05, 3.63) is 53.1 Å². The third kappa shape index (κ3) is 4.33. The number of likely N-dealkylation sites (N-methyl/N-ethyl adjacent to an activating group) is 1. The van der Waals surface area contributed by atoms with Crippen LogP contribution in [0.4, 0.5) is 11.4 Å². The Morgan fingerprint density at radius 2 is 1.90 bits per heavy atom. The van der Waals surface area contributed by atoms with Crippen LogP contribution >= 0.6 is 11.6 Å². The second-order valence-corrected chi connectivity index (χ2v) is 10.6. The summed E-state index contributed by atoms with van der Waals surface area (Å²) in [5, 5.41) is 3.00. The van der Waals surface area contributed by atoms with Crippen molar-refractivity contribution in [2.45, 2.75) is 37.1 Å². The quantitative estimate of drug-likeness (QED) is 0.715. The van der Waals surface area contributed by atoms with Crippen molar-refractivity contribution in [3.63, 3.8) is 0 Å². The highest BCUT2D eigenvalue weighted by Crippen LogP contribution is 2.39. The molecule has 2 aliphatic rings. The molecular weight excluding hydrogens is 438 g/mol. The first kappa shape index (κ1) is 21.8. The van der Waals surface area contributed by atoms with Gasteiger partial charge in [-0.05, 0) is 62.1 Å². The molecule has 2 aromatic rings. The van der Waals surface area contributed by atoms with Crippen molar-refractivity contribution >= 4 is 44.8 Å². The lowest BCUT2D eigenvalue weighted by atomic mass is 10.1. The van der Waals surface area contributed by atoms with Crippen LogP contribution in [0.5, 0.6) is 0 Å². The third-order valence-electron chi connectivity index (χ3n) is 5.65. The second kappa shape index (κ2) is 8.26. The number of rotatable bonds is 6. The zero-order valence-corrected chi connectivity index (χ0v) is 18.9. The Hall–Kier alpha value is -2.42. The molecule has 0 unspecified atom stereocenters. The van der Waals surface area contributed by atoms with Gasteiger partial charge in [-0.15, -0.1) is 0 Å². The Balaban J connectivity index is 1.50. The lowest BCUT2D eigenvalue weighted by Gasteiger charge is -2.23. The summed E-state index contributed by atoms with van der Waals surface area (Å²) in [6.07, 6.45) is 2.45. The van der Waals surface area contributed by atoms with Crippen molar-refractivity contribution in [1.29, 1.82) is 0 Å². The van der Waals surface area contributed by atoms with Crippen LogP contribution in [0.2, 0.25) is 5.02 Å². The number of carbonyl (C=O) groups is 2. The number of amides is 2. The summed E-state index contributed by atoms with van der Waals surface area (Å²) in [6, 6.07) is 11.6. The number of carbonyl (C=O) groups excluding carboxylic acids is 2. The zero-order valence-electron chi connectivity index (χ0n) is 17.3. The first-order valence-electron chi connectivity index (χ1n) is 10.1. The minimum atomic E-state index is -3.88. The molecule has 7 nitrogen and oxygen atoms in total. The molecule has 1 aliphatic carbocycles. The molecule has 0 aromatic heterocycles. The van der Waals surface area contributed by atoms with Crippen molar-refractivity contribution in [2.75, 3.05) is 23.8 Å². The van der Waals surface area contributed by atoms with Gasteiger partial charge < -0.3 is 10.2 Å². The van der Waals surface area contributed by atoms with Crippen LogP contribution in [-0.4, -0.2) is 44.2 Å². The van der Waals surface area contributed by atoms with E-state index in [0.717, 1.165) is 28.4 Å². The van der Waals surface area contributed by atoms with E-state index < -0.39 is 15.9 Å². The minimum Gasteiger partial charge on any atom is -0.324 e. The predicted molar refractivity (Wildman–Crippen MR) is 120 cm³/mol. The lowest BCUT2D eigenvalue weighted by Crippen LogP contribution is -2.36. The Kier molecular flexibility index (Phi) is 5.81. The highest BCUT2D eigenvalue weighted by atomic mass is 35.5. The minimum absolute atomic E-state index is 0.000169. The van der Waals surface area contributed by atoms with Crippen LogP contribution in [0.15, 0.2) is 47.4 Å². The maximum absolute atomic E-state index is 13.0. The van der Waals surface area contributed by atoms with Crippen molar-refractivity contribution < 1.29 is 18.0 Å². The molecule has 164 valence electrons. The number of nitrogens with zero attached hydrogens (tertiary/aromatic N) is 2. The van der Waals surface area contributed by atoms with Gasteiger partial charge in [-0.3, -0.25) is 9.59 Å². The molecule has 1 heterocycles. The highest BCUT2D eigenvalue weighted by molar-refractivity contribution is 7.89. The van der Waals surface area contributed by atoms with Gasteiger partial charge in [0.05, 0.1) is 22.2 Å². The standard InChI is InChI=1S/C22H24ClN3O4S/c1-14-11-16-12-17(9-10-20(16)26(14)22(28)15-7-8-15)31(29,30)25(2)13-21(27)24-19-6-4-3-5-18(19)23/h3-6,9-10,12,14-15H,7-8,11,13H2,1-2H3,(H,24,27)/t14-/m0/s1. The first-order valence-corrected chi connectivity index (χ1v) is 12.0. The van der Waals surface area contributed by atoms with Gasteiger partial charge in [0.15, 0.2) is 0 Å². The Labute approximate surface area is 187 Å². The zero-order chi connectivity index (χ0) is 22.3. The van der Waals surface area contributed by atoms with E-state index >= 15 is 0 Å². The molecule has 1 saturated carbocycles. The molecule has 1 atom stereocenters. The fourth-order valence-electron chi connectivity index (χ4n) is 3.85. The van der Waals surface area contributed by atoms with E-state index in [4.69, 9.17) is 11.6 Å². The summed E-state index contributed by atoms with van der Waals surface area (Å²) < 4.78 is 27.1. The van der Waals surface area contributed by atoms with E-state index in [1.165, 1.54) is 13.1 Å². The summed E-state index contributed by atoms with van der Waals surface area (Å²) in [5.41, 5.74) is 2.03. The van der Waals surface area contributed by atoms with Gasteiger partial charge in [-0.2, -0.15) is 4.31 Å². The Morgan fingerprint density at radius 3 is 2.58 bits per heavy atom. The van der Waals surface area contributed by atoms with Crippen LogP contribution in [0.25, 0.3) is 0 Å². The number of halogens is 1. The summed E-state index contributed by atoms with van der Waals surface area (Å²) in [4.78, 5) is 26.9. The number of fused-ring (bicyclic) bond motifs is 1.